The molecular formula is C34H28O3. The van der Waals surface area contributed by atoms with Gasteiger partial charge >= 0.3 is 0 Å². The zero-order chi connectivity index (χ0) is 25.4. The van der Waals surface area contributed by atoms with Crippen LogP contribution < -0.4 is 14.2 Å². The summed E-state index contributed by atoms with van der Waals surface area (Å²) in [7, 11) is 3.44. The Morgan fingerprint density at radius 3 is 1.38 bits per heavy atom. The molecule has 3 heteroatoms. The SMILES string of the molecule is CCOc1c(-c2ccc(OC)c3ccccc23)cc(-c2ccc(OC)c3ccccc23)c2ccccc12. The average Bonchev–Trinajstić information content (AvgIpc) is 2.96. The molecule has 0 spiro atoms. The van der Waals surface area contributed by atoms with E-state index in [1.165, 1.54) is 0 Å². The number of hydrogen-bond acceptors (Lipinski definition) is 3. The lowest BCUT2D eigenvalue weighted by Crippen LogP contribution is -1.98. The Labute approximate surface area is 216 Å². The number of hydrogen-bond donors (Lipinski definition) is 0. The fourth-order valence-electron chi connectivity index (χ4n) is 5.44. The van der Waals surface area contributed by atoms with Gasteiger partial charge in [0, 0.05) is 21.7 Å². The number of rotatable bonds is 6. The van der Waals surface area contributed by atoms with Gasteiger partial charge in [-0.1, -0.05) is 78.9 Å². The van der Waals surface area contributed by atoms with Crippen molar-refractivity contribution in [2.75, 3.05) is 20.8 Å². The van der Waals surface area contributed by atoms with Crippen molar-refractivity contribution in [3.63, 3.8) is 0 Å². The molecule has 37 heavy (non-hydrogen) atoms. The van der Waals surface area contributed by atoms with Gasteiger partial charge < -0.3 is 14.2 Å². The lowest BCUT2D eigenvalue weighted by atomic mass is 9.88. The van der Waals surface area contributed by atoms with Crippen molar-refractivity contribution < 1.29 is 14.2 Å². The molecule has 0 heterocycles. The topological polar surface area (TPSA) is 27.7 Å². The number of fused-ring (bicyclic) bond motifs is 3. The van der Waals surface area contributed by atoms with Crippen LogP contribution in [-0.2, 0) is 0 Å². The molecule has 0 aliphatic heterocycles. The van der Waals surface area contributed by atoms with Crippen molar-refractivity contribution >= 4 is 32.3 Å². The summed E-state index contributed by atoms with van der Waals surface area (Å²) in [5.41, 5.74) is 4.50. The lowest BCUT2D eigenvalue weighted by Gasteiger charge is -2.20. The summed E-state index contributed by atoms with van der Waals surface area (Å²) in [6.07, 6.45) is 0. The summed E-state index contributed by atoms with van der Waals surface area (Å²) in [6.45, 7) is 2.62. The lowest BCUT2D eigenvalue weighted by molar-refractivity contribution is 0.346. The monoisotopic (exact) mass is 484 g/mol. The van der Waals surface area contributed by atoms with E-state index in [9.17, 15) is 0 Å². The van der Waals surface area contributed by atoms with E-state index in [1.54, 1.807) is 14.2 Å². The van der Waals surface area contributed by atoms with Crippen LogP contribution in [0.5, 0.6) is 17.2 Å². The first-order chi connectivity index (χ1) is 18.2. The molecule has 0 N–H and O–H groups in total. The fraction of sp³-hybridized carbons (Fsp3) is 0.118. The molecule has 0 aliphatic rings. The highest BCUT2D eigenvalue weighted by Gasteiger charge is 2.20. The third-order valence-electron chi connectivity index (χ3n) is 7.07. The van der Waals surface area contributed by atoms with Gasteiger partial charge in [-0.2, -0.15) is 0 Å². The van der Waals surface area contributed by atoms with E-state index in [0.717, 1.165) is 71.8 Å². The summed E-state index contributed by atoms with van der Waals surface area (Å²) in [5.74, 6) is 2.63. The second-order valence-corrected chi connectivity index (χ2v) is 9.00. The molecule has 0 bridgehead atoms. The van der Waals surface area contributed by atoms with Gasteiger partial charge in [0.1, 0.15) is 17.2 Å². The summed E-state index contributed by atoms with van der Waals surface area (Å²) >= 11 is 0. The molecule has 0 atom stereocenters. The second-order valence-electron chi connectivity index (χ2n) is 9.00. The van der Waals surface area contributed by atoms with Crippen molar-refractivity contribution in [1.29, 1.82) is 0 Å². The van der Waals surface area contributed by atoms with Crippen LogP contribution in [0.15, 0.2) is 103 Å². The first-order valence-electron chi connectivity index (χ1n) is 12.6. The van der Waals surface area contributed by atoms with Gasteiger partial charge in [-0.25, -0.2) is 0 Å². The molecule has 0 aliphatic carbocycles. The summed E-state index contributed by atoms with van der Waals surface area (Å²) in [6, 6.07) is 36.0. The zero-order valence-corrected chi connectivity index (χ0v) is 21.2. The summed E-state index contributed by atoms with van der Waals surface area (Å²) in [4.78, 5) is 0. The van der Waals surface area contributed by atoms with Crippen molar-refractivity contribution in [2.24, 2.45) is 0 Å². The van der Waals surface area contributed by atoms with Crippen LogP contribution in [0.4, 0.5) is 0 Å². The Balaban J connectivity index is 1.74. The quantitative estimate of drug-likeness (QED) is 0.236. The van der Waals surface area contributed by atoms with Crippen LogP contribution in [0.3, 0.4) is 0 Å². The Kier molecular flexibility index (Phi) is 5.90. The van der Waals surface area contributed by atoms with Crippen LogP contribution in [0.25, 0.3) is 54.6 Å². The highest BCUT2D eigenvalue weighted by atomic mass is 16.5. The van der Waals surface area contributed by atoms with E-state index in [2.05, 4.69) is 91.0 Å². The smallest absolute Gasteiger partial charge is 0.134 e. The molecular weight excluding hydrogens is 456 g/mol. The molecule has 0 saturated heterocycles. The summed E-state index contributed by atoms with van der Waals surface area (Å²) in [5, 5.41) is 6.70. The van der Waals surface area contributed by atoms with E-state index in [0.29, 0.717) is 6.61 Å². The molecule has 6 rings (SSSR count). The summed E-state index contributed by atoms with van der Waals surface area (Å²) < 4.78 is 17.7. The van der Waals surface area contributed by atoms with Gasteiger partial charge in [0.05, 0.1) is 20.8 Å². The van der Waals surface area contributed by atoms with Crippen LogP contribution in [-0.4, -0.2) is 20.8 Å². The number of ether oxygens (including phenoxy) is 3. The predicted molar refractivity (Wildman–Crippen MR) is 154 cm³/mol. The van der Waals surface area contributed by atoms with Crippen molar-refractivity contribution in [3.8, 4) is 39.5 Å². The van der Waals surface area contributed by atoms with E-state index in [4.69, 9.17) is 14.2 Å². The van der Waals surface area contributed by atoms with Crippen LogP contribution in [0.2, 0.25) is 0 Å². The third-order valence-corrected chi connectivity index (χ3v) is 7.07. The highest BCUT2D eigenvalue weighted by molar-refractivity contribution is 6.12. The zero-order valence-electron chi connectivity index (χ0n) is 21.2. The number of benzene rings is 6. The van der Waals surface area contributed by atoms with E-state index in [-0.39, 0.29) is 0 Å². The van der Waals surface area contributed by atoms with Gasteiger partial charge in [-0.05, 0) is 64.0 Å². The van der Waals surface area contributed by atoms with E-state index >= 15 is 0 Å². The molecule has 6 aromatic rings. The maximum Gasteiger partial charge on any atom is 0.134 e. The minimum absolute atomic E-state index is 0.579. The second kappa shape index (κ2) is 9.51. The molecule has 0 amide bonds. The minimum atomic E-state index is 0.579. The molecule has 0 fully saturated rings. The normalized spacial score (nSPS) is 11.2. The molecule has 0 radical (unpaired) electrons. The van der Waals surface area contributed by atoms with Gasteiger partial charge in [-0.15, -0.1) is 0 Å². The maximum atomic E-state index is 6.37. The average molecular weight is 485 g/mol. The van der Waals surface area contributed by atoms with Gasteiger partial charge in [0.15, 0.2) is 0 Å². The molecule has 182 valence electrons. The largest absolute Gasteiger partial charge is 0.496 e. The first kappa shape index (κ1) is 22.9. The molecule has 3 nitrogen and oxygen atoms in total. The predicted octanol–water partition coefficient (Wildman–Crippen LogP) is 8.90. The first-order valence-corrected chi connectivity index (χ1v) is 12.6. The fourth-order valence-corrected chi connectivity index (χ4v) is 5.44. The molecule has 0 unspecified atom stereocenters. The molecule has 6 aromatic carbocycles. The Bertz CT molecular complexity index is 1770. The van der Waals surface area contributed by atoms with Gasteiger partial charge in [0.2, 0.25) is 0 Å². The van der Waals surface area contributed by atoms with E-state index < -0.39 is 0 Å². The number of methoxy groups -OCH3 is 2. The van der Waals surface area contributed by atoms with E-state index in [1.807, 2.05) is 19.1 Å². The van der Waals surface area contributed by atoms with Crippen LogP contribution in [0.1, 0.15) is 6.92 Å². The van der Waals surface area contributed by atoms with Crippen LogP contribution in [0, 0.1) is 0 Å². The molecule has 0 aromatic heterocycles. The molecule has 0 saturated carbocycles. The van der Waals surface area contributed by atoms with Crippen molar-refractivity contribution in [3.05, 3.63) is 103 Å². The van der Waals surface area contributed by atoms with Crippen molar-refractivity contribution in [2.45, 2.75) is 6.92 Å². The van der Waals surface area contributed by atoms with Crippen LogP contribution >= 0.6 is 0 Å². The maximum absolute atomic E-state index is 6.37. The Morgan fingerprint density at radius 2 is 0.892 bits per heavy atom. The third kappa shape index (κ3) is 3.75. The standard InChI is InChI=1S/C34H28O3/c1-4-37-34-29-16-10-7-13-24(29)30(25-17-19-32(35-2)27-14-8-5-11-22(25)27)21-31(34)26-18-20-33(36-3)28-15-9-6-12-23(26)28/h5-21H,4H2,1-3H3. The Morgan fingerprint density at radius 1 is 0.459 bits per heavy atom. The van der Waals surface area contributed by atoms with Gasteiger partial charge in [-0.3, -0.25) is 0 Å². The Hall–Kier alpha value is -4.50. The highest BCUT2D eigenvalue weighted by Crippen LogP contribution is 2.47. The van der Waals surface area contributed by atoms with Gasteiger partial charge in [0.25, 0.3) is 0 Å². The minimum Gasteiger partial charge on any atom is -0.496 e. The van der Waals surface area contributed by atoms with Crippen molar-refractivity contribution in [1.82, 2.24) is 0 Å².